The molecule has 0 heterocycles. The highest BCUT2D eigenvalue weighted by molar-refractivity contribution is 9.10. The van der Waals surface area contributed by atoms with Gasteiger partial charge in [0.1, 0.15) is 11.6 Å². The Morgan fingerprint density at radius 3 is 2.85 bits per heavy atom. The molecule has 0 unspecified atom stereocenters. The number of amides is 1. The van der Waals surface area contributed by atoms with E-state index in [1.807, 2.05) is 0 Å². The zero-order chi connectivity index (χ0) is 14.5. The van der Waals surface area contributed by atoms with E-state index in [1.54, 1.807) is 43.5 Å². The number of carbonyl (C=O) groups excluding carboxylic acids is 1. The number of ether oxygens (including phenoxy) is 1. The third-order valence-corrected chi connectivity index (χ3v) is 3.21. The van der Waals surface area contributed by atoms with Gasteiger partial charge in [-0.1, -0.05) is 22.0 Å². The second kappa shape index (κ2) is 6.52. The lowest BCUT2D eigenvalue weighted by Crippen LogP contribution is -2.15. The van der Waals surface area contributed by atoms with Crippen LogP contribution in [0, 0.1) is 5.82 Å². The van der Waals surface area contributed by atoms with Crippen LogP contribution >= 0.6 is 15.9 Å². The Labute approximate surface area is 124 Å². The van der Waals surface area contributed by atoms with Gasteiger partial charge < -0.3 is 10.1 Å². The summed E-state index contributed by atoms with van der Waals surface area (Å²) in [6, 6.07) is 11.5. The number of nitrogens with one attached hydrogen (secondary N) is 1. The smallest absolute Gasteiger partial charge is 0.228 e. The van der Waals surface area contributed by atoms with E-state index in [4.69, 9.17) is 4.74 Å². The number of benzene rings is 2. The maximum absolute atomic E-state index is 13.6. The van der Waals surface area contributed by atoms with Crippen molar-refractivity contribution in [2.45, 2.75) is 6.42 Å². The highest BCUT2D eigenvalue weighted by atomic mass is 79.9. The number of hydrogen-bond donors (Lipinski definition) is 1. The van der Waals surface area contributed by atoms with Gasteiger partial charge in [0.2, 0.25) is 5.91 Å². The van der Waals surface area contributed by atoms with Crippen molar-refractivity contribution in [3.8, 4) is 5.75 Å². The summed E-state index contributed by atoms with van der Waals surface area (Å²) in [6.45, 7) is 0. The number of anilines is 1. The predicted octanol–water partition coefficient (Wildman–Crippen LogP) is 3.78. The Morgan fingerprint density at radius 1 is 1.30 bits per heavy atom. The normalized spacial score (nSPS) is 10.2. The first-order valence-electron chi connectivity index (χ1n) is 5.96. The zero-order valence-corrected chi connectivity index (χ0v) is 12.4. The first kappa shape index (κ1) is 14.5. The van der Waals surface area contributed by atoms with Gasteiger partial charge >= 0.3 is 0 Å². The molecule has 2 rings (SSSR count). The molecule has 1 N–H and O–H groups in total. The minimum atomic E-state index is -0.394. The Balaban J connectivity index is 2.07. The Hall–Kier alpha value is -1.88. The van der Waals surface area contributed by atoms with E-state index >= 15 is 0 Å². The summed E-state index contributed by atoms with van der Waals surface area (Å²) >= 11 is 3.26. The molecule has 0 spiro atoms. The van der Waals surface area contributed by atoms with Crippen LogP contribution in [0.4, 0.5) is 10.1 Å². The van der Waals surface area contributed by atoms with Gasteiger partial charge in [-0.2, -0.15) is 0 Å². The van der Waals surface area contributed by atoms with Crippen molar-refractivity contribution in [3.63, 3.8) is 0 Å². The molecule has 0 atom stereocenters. The first-order chi connectivity index (χ1) is 9.58. The highest BCUT2D eigenvalue weighted by Gasteiger charge is 2.09. The molecular weight excluding hydrogens is 325 g/mol. The predicted molar refractivity (Wildman–Crippen MR) is 79.4 cm³/mol. The minimum absolute atomic E-state index is 0.0253. The lowest BCUT2D eigenvalue weighted by molar-refractivity contribution is -0.115. The number of rotatable bonds is 4. The van der Waals surface area contributed by atoms with Crippen LogP contribution < -0.4 is 10.1 Å². The summed E-state index contributed by atoms with van der Waals surface area (Å²) in [5.41, 5.74) is 0.963. The number of halogens is 2. The van der Waals surface area contributed by atoms with Crippen LogP contribution in [0.3, 0.4) is 0 Å². The van der Waals surface area contributed by atoms with Crippen molar-refractivity contribution in [3.05, 3.63) is 58.3 Å². The van der Waals surface area contributed by atoms with Crippen molar-refractivity contribution in [1.29, 1.82) is 0 Å². The summed E-state index contributed by atoms with van der Waals surface area (Å²) in [5.74, 6) is -0.0271. The molecule has 0 aliphatic carbocycles. The van der Waals surface area contributed by atoms with Crippen LogP contribution in [-0.4, -0.2) is 13.0 Å². The minimum Gasteiger partial charge on any atom is -0.497 e. The van der Waals surface area contributed by atoms with E-state index in [1.165, 1.54) is 6.07 Å². The quantitative estimate of drug-likeness (QED) is 0.921. The molecule has 20 heavy (non-hydrogen) atoms. The SMILES string of the molecule is COc1cccc(NC(=O)Cc2cc(Br)ccc2F)c1. The fourth-order valence-electron chi connectivity index (χ4n) is 1.76. The van der Waals surface area contributed by atoms with Crippen LogP contribution in [0.1, 0.15) is 5.56 Å². The number of methoxy groups -OCH3 is 1. The van der Waals surface area contributed by atoms with E-state index in [9.17, 15) is 9.18 Å². The van der Waals surface area contributed by atoms with Crippen LogP contribution in [0.2, 0.25) is 0 Å². The molecule has 0 aliphatic rings. The number of hydrogen-bond acceptors (Lipinski definition) is 2. The molecule has 0 saturated carbocycles. The van der Waals surface area contributed by atoms with Gasteiger partial charge in [0.25, 0.3) is 0 Å². The summed E-state index contributed by atoms with van der Waals surface area (Å²) < 4.78 is 19.4. The van der Waals surface area contributed by atoms with E-state index < -0.39 is 5.82 Å². The molecule has 5 heteroatoms. The van der Waals surface area contributed by atoms with Crippen molar-refractivity contribution in [1.82, 2.24) is 0 Å². The van der Waals surface area contributed by atoms with Gasteiger partial charge in [-0.3, -0.25) is 4.79 Å². The van der Waals surface area contributed by atoms with Gasteiger partial charge in [0.05, 0.1) is 13.5 Å². The lowest BCUT2D eigenvalue weighted by Gasteiger charge is -2.08. The zero-order valence-electron chi connectivity index (χ0n) is 10.8. The second-order valence-electron chi connectivity index (χ2n) is 4.19. The maximum Gasteiger partial charge on any atom is 0.228 e. The van der Waals surface area contributed by atoms with Gasteiger partial charge in [-0.25, -0.2) is 4.39 Å². The second-order valence-corrected chi connectivity index (χ2v) is 5.11. The molecule has 2 aromatic rings. The largest absolute Gasteiger partial charge is 0.497 e. The first-order valence-corrected chi connectivity index (χ1v) is 6.75. The third-order valence-electron chi connectivity index (χ3n) is 2.71. The molecular formula is C15H13BrFNO2. The van der Waals surface area contributed by atoms with Crippen LogP contribution in [0.5, 0.6) is 5.75 Å². The molecule has 104 valence electrons. The Kier molecular flexibility index (Phi) is 4.74. The molecule has 2 aromatic carbocycles. The van der Waals surface area contributed by atoms with Crippen molar-refractivity contribution < 1.29 is 13.9 Å². The number of carbonyl (C=O) groups is 1. The van der Waals surface area contributed by atoms with Gasteiger partial charge in [0, 0.05) is 16.2 Å². The summed E-state index contributed by atoms with van der Waals surface area (Å²) in [6.07, 6.45) is -0.0253. The average molecular weight is 338 g/mol. The van der Waals surface area contributed by atoms with Crippen molar-refractivity contribution in [2.24, 2.45) is 0 Å². The van der Waals surface area contributed by atoms with Gasteiger partial charge in [0.15, 0.2) is 0 Å². The van der Waals surface area contributed by atoms with Crippen molar-refractivity contribution >= 4 is 27.5 Å². The fourth-order valence-corrected chi connectivity index (χ4v) is 2.17. The van der Waals surface area contributed by atoms with Crippen LogP contribution in [-0.2, 0) is 11.2 Å². The molecule has 0 fully saturated rings. The molecule has 0 aromatic heterocycles. The Morgan fingerprint density at radius 2 is 2.10 bits per heavy atom. The molecule has 3 nitrogen and oxygen atoms in total. The Bertz CT molecular complexity index is 631. The van der Waals surface area contributed by atoms with E-state index in [0.29, 0.717) is 17.0 Å². The topological polar surface area (TPSA) is 38.3 Å². The van der Waals surface area contributed by atoms with Crippen LogP contribution in [0.25, 0.3) is 0 Å². The van der Waals surface area contributed by atoms with E-state index in [-0.39, 0.29) is 12.3 Å². The van der Waals surface area contributed by atoms with Gasteiger partial charge in [-0.15, -0.1) is 0 Å². The van der Waals surface area contributed by atoms with E-state index in [0.717, 1.165) is 4.47 Å². The molecule has 0 radical (unpaired) electrons. The average Bonchev–Trinajstić information content (AvgIpc) is 2.43. The molecule has 0 aliphatic heterocycles. The van der Waals surface area contributed by atoms with E-state index in [2.05, 4.69) is 21.2 Å². The fraction of sp³-hybridized carbons (Fsp3) is 0.133. The standard InChI is InChI=1S/C15H13BrFNO2/c1-20-13-4-2-3-12(9-13)18-15(19)8-10-7-11(16)5-6-14(10)17/h2-7,9H,8H2,1H3,(H,18,19). The molecule has 0 bridgehead atoms. The summed E-state index contributed by atoms with van der Waals surface area (Å²) in [5, 5.41) is 2.71. The summed E-state index contributed by atoms with van der Waals surface area (Å²) in [4.78, 5) is 11.9. The van der Waals surface area contributed by atoms with Gasteiger partial charge in [-0.05, 0) is 35.9 Å². The lowest BCUT2D eigenvalue weighted by atomic mass is 10.1. The molecule has 0 saturated heterocycles. The van der Waals surface area contributed by atoms with Crippen LogP contribution in [0.15, 0.2) is 46.9 Å². The highest BCUT2D eigenvalue weighted by Crippen LogP contribution is 2.19. The summed E-state index contributed by atoms with van der Waals surface area (Å²) in [7, 11) is 1.55. The monoisotopic (exact) mass is 337 g/mol. The molecule has 1 amide bonds. The van der Waals surface area contributed by atoms with Crippen molar-refractivity contribution in [2.75, 3.05) is 12.4 Å². The maximum atomic E-state index is 13.6. The third kappa shape index (κ3) is 3.81.